The monoisotopic (exact) mass is 253 g/mol. The van der Waals surface area contributed by atoms with Gasteiger partial charge >= 0.3 is 0 Å². The van der Waals surface area contributed by atoms with Gasteiger partial charge in [0.05, 0.1) is 0 Å². The second-order valence-electron chi connectivity index (χ2n) is 6.76. The zero-order valence-electron chi connectivity index (χ0n) is 12.3. The highest BCUT2D eigenvalue weighted by atomic mass is 15.2. The first-order valence-corrected chi connectivity index (χ1v) is 7.74. The van der Waals surface area contributed by atoms with Crippen molar-refractivity contribution in [3.05, 3.63) is 0 Å². The third-order valence-corrected chi connectivity index (χ3v) is 5.12. The summed E-state index contributed by atoms with van der Waals surface area (Å²) in [4.78, 5) is 5.08. The molecule has 0 spiro atoms. The predicted molar refractivity (Wildman–Crippen MR) is 77.7 cm³/mol. The molecule has 0 aromatic rings. The summed E-state index contributed by atoms with van der Waals surface area (Å²) in [6, 6.07) is 0.747. The second-order valence-corrected chi connectivity index (χ2v) is 6.76. The number of nitrogens with zero attached hydrogens (tertiary/aromatic N) is 2. The molecule has 3 heteroatoms. The second kappa shape index (κ2) is 6.36. The summed E-state index contributed by atoms with van der Waals surface area (Å²) < 4.78 is 0. The molecule has 1 aliphatic carbocycles. The molecule has 1 atom stereocenters. The Balaban J connectivity index is 1.90. The molecule has 0 bridgehead atoms. The molecule has 0 amide bonds. The molecule has 18 heavy (non-hydrogen) atoms. The number of nitrogens with two attached hydrogens (primary N) is 1. The number of hydrogen-bond acceptors (Lipinski definition) is 3. The first-order valence-electron chi connectivity index (χ1n) is 7.74. The van der Waals surface area contributed by atoms with Gasteiger partial charge in [0.1, 0.15) is 0 Å². The highest BCUT2D eigenvalue weighted by molar-refractivity contribution is 4.89. The summed E-state index contributed by atoms with van der Waals surface area (Å²) in [6.45, 7) is 4.66. The molecule has 1 saturated heterocycles. The fraction of sp³-hybridized carbons (Fsp3) is 1.00. The van der Waals surface area contributed by atoms with E-state index in [2.05, 4.69) is 23.9 Å². The highest BCUT2D eigenvalue weighted by Crippen LogP contribution is 2.36. The first-order chi connectivity index (χ1) is 8.65. The molecule has 1 saturated carbocycles. The van der Waals surface area contributed by atoms with Gasteiger partial charge in [0.2, 0.25) is 0 Å². The molecular formula is C15H31N3. The van der Waals surface area contributed by atoms with Gasteiger partial charge in [-0.05, 0) is 58.3 Å². The van der Waals surface area contributed by atoms with Crippen LogP contribution in [0.1, 0.15) is 44.9 Å². The Morgan fingerprint density at radius 1 is 1.17 bits per heavy atom. The maximum Gasteiger partial charge on any atom is 0.0217 e. The Morgan fingerprint density at radius 3 is 2.50 bits per heavy atom. The molecule has 0 aromatic heterocycles. The Bertz CT molecular complexity index is 246. The van der Waals surface area contributed by atoms with Crippen molar-refractivity contribution in [2.75, 3.05) is 40.3 Å². The van der Waals surface area contributed by atoms with Gasteiger partial charge in [0.15, 0.2) is 0 Å². The van der Waals surface area contributed by atoms with Crippen LogP contribution < -0.4 is 5.73 Å². The summed E-state index contributed by atoms with van der Waals surface area (Å²) in [5.41, 5.74) is 6.55. The van der Waals surface area contributed by atoms with E-state index in [4.69, 9.17) is 5.73 Å². The predicted octanol–water partition coefficient (Wildman–Crippen LogP) is 1.92. The Kier molecular flexibility index (Phi) is 5.05. The normalized spacial score (nSPS) is 29.7. The van der Waals surface area contributed by atoms with Crippen LogP contribution in [0.2, 0.25) is 0 Å². The van der Waals surface area contributed by atoms with E-state index in [0.717, 1.165) is 12.6 Å². The molecule has 1 heterocycles. The van der Waals surface area contributed by atoms with Crippen LogP contribution in [0.4, 0.5) is 0 Å². The van der Waals surface area contributed by atoms with Crippen LogP contribution in [0.25, 0.3) is 0 Å². The van der Waals surface area contributed by atoms with E-state index < -0.39 is 0 Å². The van der Waals surface area contributed by atoms with Crippen molar-refractivity contribution in [1.82, 2.24) is 9.80 Å². The summed E-state index contributed by atoms with van der Waals surface area (Å²) in [5, 5.41) is 0. The van der Waals surface area contributed by atoms with Crippen LogP contribution in [0.3, 0.4) is 0 Å². The van der Waals surface area contributed by atoms with E-state index in [-0.39, 0.29) is 0 Å². The number of likely N-dealkylation sites (N-methyl/N-ethyl adjacent to an activating group) is 1. The van der Waals surface area contributed by atoms with Crippen molar-refractivity contribution in [3.8, 4) is 0 Å². The van der Waals surface area contributed by atoms with Gasteiger partial charge in [-0.25, -0.2) is 0 Å². The largest absolute Gasteiger partial charge is 0.330 e. The SMILES string of the molecule is CN(C)C1CCCN(CC2(CN)CCCCC2)C1. The number of likely N-dealkylation sites (tertiary alicyclic amines) is 1. The molecule has 1 unspecified atom stereocenters. The van der Waals surface area contributed by atoms with Crippen LogP contribution in [0.15, 0.2) is 0 Å². The third-order valence-electron chi connectivity index (χ3n) is 5.12. The lowest BCUT2D eigenvalue weighted by Gasteiger charge is -2.44. The third kappa shape index (κ3) is 3.46. The molecule has 2 aliphatic rings. The van der Waals surface area contributed by atoms with E-state index in [1.807, 2.05) is 0 Å². The van der Waals surface area contributed by atoms with Gasteiger partial charge in [0.25, 0.3) is 0 Å². The van der Waals surface area contributed by atoms with E-state index in [1.54, 1.807) is 0 Å². The summed E-state index contributed by atoms with van der Waals surface area (Å²) in [5.74, 6) is 0. The Labute approximate surface area is 113 Å². The van der Waals surface area contributed by atoms with Crippen molar-refractivity contribution in [2.45, 2.75) is 51.0 Å². The zero-order valence-corrected chi connectivity index (χ0v) is 12.3. The topological polar surface area (TPSA) is 32.5 Å². The van der Waals surface area contributed by atoms with E-state index in [0.29, 0.717) is 5.41 Å². The van der Waals surface area contributed by atoms with Crippen LogP contribution in [-0.4, -0.2) is 56.1 Å². The van der Waals surface area contributed by atoms with Crippen molar-refractivity contribution < 1.29 is 0 Å². The lowest BCUT2D eigenvalue weighted by Crippen LogP contribution is -2.51. The van der Waals surface area contributed by atoms with Gasteiger partial charge in [-0.2, -0.15) is 0 Å². The van der Waals surface area contributed by atoms with Gasteiger partial charge in [0, 0.05) is 19.1 Å². The molecule has 2 N–H and O–H groups in total. The van der Waals surface area contributed by atoms with Gasteiger partial charge in [-0.15, -0.1) is 0 Å². The smallest absolute Gasteiger partial charge is 0.0217 e. The summed E-state index contributed by atoms with van der Waals surface area (Å²) in [6.07, 6.45) is 9.62. The lowest BCUT2D eigenvalue weighted by atomic mass is 9.73. The number of rotatable bonds is 4. The van der Waals surface area contributed by atoms with Crippen LogP contribution >= 0.6 is 0 Å². The van der Waals surface area contributed by atoms with Crippen molar-refractivity contribution >= 4 is 0 Å². The number of hydrogen-bond donors (Lipinski definition) is 1. The van der Waals surface area contributed by atoms with Crippen molar-refractivity contribution in [3.63, 3.8) is 0 Å². The van der Waals surface area contributed by atoms with Gasteiger partial charge in [-0.1, -0.05) is 19.3 Å². The maximum atomic E-state index is 6.11. The van der Waals surface area contributed by atoms with Gasteiger partial charge in [-0.3, -0.25) is 0 Å². The molecule has 1 aliphatic heterocycles. The number of piperidine rings is 1. The summed E-state index contributed by atoms with van der Waals surface area (Å²) >= 11 is 0. The summed E-state index contributed by atoms with van der Waals surface area (Å²) in [7, 11) is 4.43. The minimum Gasteiger partial charge on any atom is -0.330 e. The van der Waals surface area contributed by atoms with Gasteiger partial charge < -0.3 is 15.5 Å². The van der Waals surface area contributed by atoms with Crippen molar-refractivity contribution in [2.24, 2.45) is 11.1 Å². The van der Waals surface area contributed by atoms with E-state index in [9.17, 15) is 0 Å². The Hall–Kier alpha value is -0.120. The van der Waals surface area contributed by atoms with Crippen molar-refractivity contribution in [1.29, 1.82) is 0 Å². The molecule has 2 rings (SSSR count). The Morgan fingerprint density at radius 2 is 1.89 bits per heavy atom. The van der Waals surface area contributed by atoms with Crippen LogP contribution in [-0.2, 0) is 0 Å². The minimum absolute atomic E-state index is 0.437. The average molecular weight is 253 g/mol. The molecule has 3 nitrogen and oxygen atoms in total. The first kappa shape index (κ1) is 14.3. The quantitative estimate of drug-likeness (QED) is 0.831. The molecule has 106 valence electrons. The van der Waals surface area contributed by atoms with E-state index in [1.165, 1.54) is 64.6 Å². The molecule has 0 radical (unpaired) electrons. The maximum absolute atomic E-state index is 6.11. The fourth-order valence-electron chi connectivity index (χ4n) is 3.80. The minimum atomic E-state index is 0.437. The van der Waals surface area contributed by atoms with Crippen LogP contribution in [0.5, 0.6) is 0 Å². The molecule has 2 fully saturated rings. The highest BCUT2D eigenvalue weighted by Gasteiger charge is 2.34. The molecule has 0 aromatic carbocycles. The standard InChI is InChI=1S/C15H31N3/c1-17(2)14-7-6-10-18(11-14)13-15(12-16)8-4-3-5-9-15/h14H,3-13,16H2,1-2H3. The zero-order chi connectivity index (χ0) is 13.0. The van der Waals surface area contributed by atoms with Crippen LogP contribution in [0, 0.1) is 5.41 Å². The lowest BCUT2D eigenvalue weighted by molar-refractivity contribution is 0.0665. The average Bonchev–Trinajstić information content (AvgIpc) is 2.40. The molecular weight excluding hydrogens is 222 g/mol. The van der Waals surface area contributed by atoms with E-state index >= 15 is 0 Å². The fourth-order valence-corrected chi connectivity index (χ4v) is 3.80.